The normalized spacial score (nSPS) is 11.2. The Bertz CT molecular complexity index is 379. The van der Waals surface area contributed by atoms with Crippen molar-refractivity contribution >= 4 is 33.4 Å². The number of hydrogen-bond donors (Lipinski definition) is 1. The second-order valence-corrected chi connectivity index (χ2v) is 5.37. The van der Waals surface area contributed by atoms with E-state index in [0.717, 1.165) is 10.9 Å². The summed E-state index contributed by atoms with van der Waals surface area (Å²) in [4.78, 5) is 11.7. The van der Waals surface area contributed by atoms with E-state index >= 15 is 0 Å². The van der Waals surface area contributed by atoms with Gasteiger partial charge in [-0.25, -0.2) is 0 Å². The van der Waals surface area contributed by atoms with E-state index in [9.17, 15) is 4.79 Å². The predicted molar refractivity (Wildman–Crippen MR) is 71.2 cm³/mol. The van der Waals surface area contributed by atoms with Crippen molar-refractivity contribution in [2.75, 3.05) is 5.33 Å². The lowest BCUT2D eigenvalue weighted by molar-refractivity contribution is -0.121. The minimum absolute atomic E-state index is 0.00622. The van der Waals surface area contributed by atoms with Gasteiger partial charge in [0.2, 0.25) is 5.91 Å². The summed E-state index contributed by atoms with van der Waals surface area (Å²) in [6.45, 7) is 3.94. The van der Waals surface area contributed by atoms with Gasteiger partial charge in [-0.05, 0) is 31.5 Å². The highest BCUT2D eigenvalue weighted by atomic mass is 79.9. The largest absolute Gasteiger partial charge is 0.350 e. The van der Waals surface area contributed by atoms with Crippen molar-refractivity contribution in [2.24, 2.45) is 0 Å². The summed E-state index contributed by atoms with van der Waals surface area (Å²) in [5.41, 5.74) is 0.700. The van der Waals surface area contributed by atoms with Gasteiger partial charge in [0, 0.05) is 15.9 Å². The van der Waals surface area contributed by atoms with Crippen molar-refractivity contribution in [3.05, 3.63) is 34.9 Å². The second-order valence-electron chi connectivity index (χ2n) is 4.37. The molecular formula is C12H15BrClNO. The molecule has 1 aromatic carbocycles. The zero-order valence-corrected chi connectivity index (χ0v) is 11.7. The maximum absolute atomic E-state index is 11.7. The summed E-state index contributed by atoms with van der Waals surface area (Å²) < 4.78 is 0. The number of nitrogens with one attached hydrogen (secondary N) is 1. The molecule has 2 nitrogen and oxygen atoms in total. The molecule has 0 heterocycles. The van der Waals surface area contributed by atoms with Crippen molar-refractivity contribution in [1.29, 1.82) is 0 Å². The maximum atomic E-state index is 11.7. The molecule has 88 valence electrons. The van der Waals surface area contributed by atoms with Crippen LogP contribution in [0.1, 0.15) is 19.4 Å². The van der Waals surface area contributed by atoms with E-state index in [4.69, 9.17) is 11.6 Å². The number of halogens is 2. The average Bonchev–Trinajstić information content (AvgIpc) is 2.16. The Morgan fingerprint density at radius 1 is 1.50 bits per heavy atom. The minimum atomic E-state index is -0.227. The van der Waals surface area contributed by atoms with Crippen molar-refractivity contribution in [3.8, 4) is 0 Å². The van der Waals surface area contributed by atoms with Crippen LogP contribution in [0.4, 0.5) is 0 Å². The third-order valence-electron chi connectivity index (χ3n) is 2.07. The number of hydrogen-bond acceptors (Lipinski definition) is 1. The first-order valence-electron chi connectivity index (χ1n) is 5.04. The van der Waals surface area contributed by atoms with E-state index < -0.39 is 0 Å². The molecule has 0 spiro atoms. The van der Waals surface area contributed by atoms with Gasteiger partial charge >= 0.3 is 0 Å². The van der Waals surface area contributed by atoms with Crippen LogP contribution in [0.15, 0.2) is 24.3 Å². The number of rotatable bonds is 4. The molecule has 0 aliphatic carbocycles. The fourth-order valence-corrected chi connectivity index (χ4v) is 1.64. The van der Waals surface area contributed by atoms with E-state index in [1.165, 1.54) is 0 Å². The lowest BCUT2D eigenvalue weighted by atomic mass is 10.1. The van der Waals surface area contributed by atoms with Gasteiger partial charge < -0.3 is 5.32 Å². The first-order chi connectivity index (χ1) is 7.43. The van der Waals surface area contributed by atoms with Gasteiger partial charge in [-0.3, -0.25) is 4.79 Å². The van der Waals surface area contributed by atoms with Crippen molar-refractivity contribution in [2.45, 2.75) is 25.8 Å². The highest BCUT2D eigenvalue weighted by Crippen LogP contribution is 2.12. The molecule has 0 fully saturated rings. The molecule has 1 rings (SSSR count). The standard InChI is InChI=1S/C12H15BrClNO/c1-12(2,8-13)15-11(16)7-9-4-3-5-10(14)6-9/h3-6H,7-8H2,1-2H3,(H,15,16). The third kappa shape index (κ3) is 4.54. The van der Waals surface area contributed by atoms with E-state index in [0.29, 0.717) is 11.4 Å². The van der Waals surface area contributed by atoms with Gasteiger partial charge in [0.05, 0.1) is 6.42 Å². The molecule has 0 radical (unpaired) electrons. The Balaban J connectivity index is 2.59. The van der Waals surface area contributed by atoms with Crippen molar-refractivity contribution < 1.29 is 4.79 Å². The minimum Gasteiger partial charge on any atom is -0.350 e. The fraction of sp³-hybridized carbons (Fsp3) is 0.417. The summed E-state index contributed by atoms with van der Waals surface area (Å²) in [7, 11) is 0. The summed E-state index contributed by atoms with van der Waals surface area (Å²) in [6, 6.07) is 7.35. The van der Waals surface area contributed by atoms with Crippen LogP contribution in [0, 0.1) is 0 Å². The molecule has 1 N–H and O–H groups in total. The van der Waals surface area contributed by atoms with E-state index in [1.807, 2.05) is 32.0 Å². The summed E-state index contributed by atoms with van der Waals surface area (Å²) in [5, 5.41) is 4.33. The lowest BCUT2D eigenvalue weighted by Crippen LogP contribution is -2.45. The fourth-order valence-electron chi connectivity index (χ4n) is 1.29. The van der Waals surface area contributed by atoms with E-state index in [2.05, 4.69) is 21.2 Å². The highest BCUT2D eigenvalue weighted by molar-refractivity contribution is 9.09. The molecule has 4 heteroatoms. The van der Waals surface area contributed by atoms with Gasteiger partial charge in [-0.1, -0.05) is 39.7 Å². The van der Waals surface area contributed by atoms with Crippen molar-refractivity contribution in [3.63, 3.8) is 0 Å². The molecule has 16 heavy (non-hydrogen) atoms. The zero-order valence-electron chi connectivity index (χ0n) is 9.39. The molecular weight excluding hydrogens is 289 g/mol. The maximum Gasteiger partial charge on any atom is 0.224 e. The molecule has 1 aromatic rings. The molecule has 0 aliphatic rings. The number of carbonyl (C=O) groups is 1. The molecule has 0 aliphatic heterocycles. The van der Waals surface area contributed by atoms with Gasteiger partial charge in [0.15, 0.2) is 0 Å². The number of benzene rings is 1. The summed E-state index contributed by atoms with van der Waals surface area (Å²) in [6.07, 6.45) is 0.358. The van der Waals surface area contributed by atoms with Gasteiger partial charge in [0.25, 0.3) is 0 Å². The smallest absolute Gasteiger partial charge is 0.224 e. The first-order valence-corrected chi connectivity index (χ1v) is 6.54. The van der Waals surface area contributed by atoms with Crippen LogP contribution in [0.2, 0.25) is 5.02 Å². The quantitative estimate of drug-likeness (QED) is 0.851. The SMILES string of the molecule is CC(C)(CBr)NC(=O)Cc1cccc(Cl)c1. The van der Waals surface area contributed by atoms with Crippen LogP contribution in [0.25, 0.3) is 0 Å². The van der Waals surface area contributed by atoms with E-state index in [-0.39, 0.29) is 11.4 Å². The summed E-state index contributed by atoms with van der Waals surface area (Å²) in [5.74, 6) is 0.00622. The van der Waals surface area contributed by atoms with Crippen LogP contribution in [0.5, 0.6) is 0 Å². The third-order valence-corrected chi connectivity index (χ3v) is 3.70. The molecule has 1 amide bonds. The highest BCUT2D eigenvalue weighted by Gasteiger charge is 2.18. The molecule has 0 aromatic heterocycles. The Hall–Kier alpha value is -0.540. The topological polar surface area (TPSA) is 29.1 Å². The van der Waals surface area contributed by atoms with Crippen LogP contribution >= 0.6 is 27.5 Å². The van der Waals surface area contributed by atoms with Crippen molar-refractivity contribution in [1.82, 2.24) is 5.32 Å². The monoisotopic (exact) mass is 303 g/mol. The molecule has 0 unspecified atom stereocenters. The number of alkyl halides is 1. The van der Waals surface area contributed by atoms with Crippen LogP contribution < -0.4 is 5.32 Å². The number of carbonyl (C=O) groups excluding carboxylic acids is 1. The van der Waals surface area contributed by atoms with Gasteiger partial charge in [-0.15, -0.1) is 0 Å². The molecule has 0 bridgehead atoms. The zero-order chi connectivity index (χ0) is 12.2. The Morgan fingerprint density at radius 2 is 2.19 bits per heavy atom. The summed E-state index contributed by atoms with van der Waals surface area (Å²) >= 11 is 9.21. The first kappa shape index (κ1) is 13.5. The Labute approximate surface area is 110 Å². The van der Waals surface area contributed by atoms with E-state index in [1.54, 1.807) is 6.07 Å². The van der Waals surface area contributed by atoms with Crippen LogP contribution in [-0.2, 0) is 11.2 Å². The average molecular weight is 305 g/mol. The number of amides is 1. The molecule has 0 saturated heterocycles. The Kier molecular flexibility index (Phi) is 4.81. The predicted octanol–water partition coefficient (Wildman–Crippen LogP) is 3.17. The lowest BCUT2D eigenvalue weighted by Gasteiger charge is -2.23. The van der Waals surface area contributed by atoms with Crippen LogP contribution in [-0.4, -0.2) is 16.8 Å². The van der Waals surface area contributed by atoms with Crippen LogP contribution in [0.3, 0.4) is 0 Å². The second kappa shape index (κ2) is 5.69. The molecule has 0 atom stereocenters. The van der Waals surface area contributed by atoms with Gasteiger partial charge in [0.1, 0.15) is 0 Å². The molecule has 0 saturated carbocycles. The van der Waals surface area contributed by atoms with Gasteiger partial charge in [-0.2, -0.15) is 0 Å². The Morgan fingerprint density at radius 3 is 2.75 bits per heavy atom.